The first-order valence-corrected chi connectivity index (χ1v) is 7.11. The lowest BCUT2D eigenvalue weighted by molar-refractivity contribution is 0.0580. The first-order chi connectivity index (χ1) is 10.7. The third-order valence-electron chi connectivity index (χ3n) is 3.47. The SMILES string of the molecule is C=CCOC(=O)N1CCN(C(=O)c2cccc(OC)c2)CC1. The molecule has 0 bridgehead atoms. The van der Waals surface area contributed by atoms with Gasteiger partial charge in [-0.3, -0.25) is 4.79 Å². The monoisotopic (exact) mass is 304 g/mol. The number of piperazine rings is 1. The predicted octanol–water partition coefficient (Wildman–Crippen LogP) is 1.78. The van der Waals surface area contributed by atoms with Crippen molar-refractivity contribution in [3.05, 3.63) is 42.5 Å². The summed E-state index contributed by atoms with van der Waals surface area (Å²) in [5.74, 6) is 0.593. The van der Waals surface area contributed by atoms with Gasteiger partial charge in [0.15, 0.2) is 0 Å². The van der Waals surface area contributed by atoms with Crippen molar-refractivity contribution < 1.29 is 19.1 Å². The van der Waals surface area contributed by atoms with Gasteiger partial charge in [-0.2, -0.15) is 0 Å². The van der Waals surface area contributed by atoms with Gasteiger partial charge in [-0.15, -0.1) is 0 Å². The average Bonchev–Trinajstić information content (AvgIpc) is 2.59. The summed E-state index contributed by atoms with van der Waals surface area (Å²) in [6.07, 6.45) is 1.16. The van der Waals surface area contributed by atoms with Crippen molar-refractivity contribution in [3.63, 3.8) is 0 Å². The van der Waals surface area contributed by atoms with Gasteiger partial charge in [-0.05, 0) is 18.2 Å². The van der Waals surface area contributed by atoms with Crippen LogP contribution in [0.1, 0.15) is 10.4 Å². The van der Waals surface area contributed by atoms with Crippen LogP contribution in [0.15, 0.2) is 36.9 Å². The number of nitrogens with zero attached hydrogens (tertiary/aromatic N) is 2. The van der Waals surface area contributed by atoms with Gasteiger partial charge in [0.2, 0.25) is 0 Å². The number of hydrogen-bond donors (Lipinski definition) is 0. The van der Waals surface area contributed by atoms with E-state index in [9.17, 15) is 9.59 Å². The fraction of sp³-hybridized carbons (Fsp3) is 0.375. The van der Waals surface area contributed by atoms with Gasteiger partial charge in [0.25, 0.3) is 5.91 Å². The Balaban J connectivity index is 1.92. The smallest absolute Gasteiger partial charge is 0.410 e. The molecule has 1 aromatic rings. The summed E-state index contributed by atoms with van der Waals surface area (Å²) >= 11 is 0. The third kappa shape index (κ3) is 3.78. The third-order valence-corrected chi connectivity index (χ3v) is 3.47. The van der Waals surface area contributed by atoms with Crippen LogP contribution < -0.4 is 4.74 Å². The zero-order valence-corrected chi connectivity index (χ0v) is 12.7. The molecule has 6 heteroatoms. The number of carbonyl (C=O) groups excluding carboxylic acids is 2. The zero-order chi connectivity index (χ0) is 15.9. The second-order valence-corrected chi connectivity index (χ2v) is 4.88. The van der Waals surface area contributed by atoms with E-state index in [1.54, 1.807) is 41.2 Å². The molecule has 2 rings (SSSR count). The van der Waals surface area contributed by atoms with E-state index in [1.165, 1.54) is 6.08 Å². The average molecular weight is 304 g/mol. The number of ether oxygens (including phenoxy) is 2. The molecule has 0 radical (unpaired) electrons. The summed E-state index contributed by atoms with van der Waals surface area (Å²) in [5, 5.41) is 0. The summed E-state index contributed by atoms with van der Waals surface area (Å²) < 4.78 is 10.1. The number of amides is 2. The van der Waals surface area contributed by atoms with E-state index in [0.29, 0.717) is 37.5 Å². The van der Waals surface area contributed by atoms with Crippen LogP contribution in [0.25, 0.3) is 0 Å². The standard InChI is InChI=1S/C16H20N2O4/c1-3-11-22-16(20)18-9-7-17(8-10-18)15(19)13-5-4-6-14(12-13)21-2/h3-6,12H,1,7-11H2,2H3. The molecule has 0 N–H and O–H groups in total. The Kier molecular flexibility index (Phi) is 5.41. The van der Waals surface area contributed by atoms with Crippen LogP contribution in [0.2, 0.25) is 0 Å². The predicted molar refractivity (Wildman–Crippen MR) is 82.0 cm³/mol. The Hall–Kier alpha value is -2.50. The van der Waals surface area contributed by atoms with E-state index >= 15 is 0 Å². The summed E-state index contributed by atoms with van der Waals surface area (Å²) in [6.45, 7) is 5.60. The van der Waals surface area contributed by atoms with Gasteiger partial charge in [0, 0.05) is 31.7 Å². The molecule has 0 atom stereocenters. The minimum atomic E-state index is -0.367. The van der Waals surface area contributed by atoms with Crippen LogP contribution in [0.3, 0.4) is 0 Å². The fourth-order valence-corrected chi connectivity index (χ4v) is 2.25. The van der Waals surface area contributed by atoms with E-state index in [1.807, 2.05) is 0 Å². The van der Waals surface area contributed by atoms with Gasteiger partial charge >= 0.3 is 6.09 Å². The Bertz CT molecular complexity index is 551. The van der Waals surface area contributed by atoms with Crippen molar-refractivity contribution in [1.82, 2.24) is 9.80 Å². The molecule has 0 saturated carbocycles. The van der Waals surface area contributed by atoms with E-state index in [0.717, 1.165) is 0 Å². The number of carbonyl (C=O) groups is 2. The lowest BCUT2D eigenvalue weighted by Crippen LogP contribution is -2.50. The fourth-order valence-electron chi connectivity index (χ4n) is 2.25. The van der Waals surface area contributed by atoms with Gasteiger partial charge in [-0.25, -0.2) is 4.79 Å². The summed E-state index contributed by atoms with van der Waals surface area (Å²) in [5.41, 5.74) is 0.585. The van der Waals surface area contributed by atoms with Crippen molar-refractivity contribution in [2.75, 3.05) is 39.9 Å². The molecular formula is C16H20N2O4. The Labute approximate surface area is 129 Å². The molecule has 1 heterocycles. The summed E-state index contributed by atoms with van der Waals surface area (Å²) in [7, 11) is 1.57. The molecular weight excluding hydrogens is 284 g/mol. The molecule has 118 valence electrons. The van der Waals surface area contributed by atoms with Crippen LogP contribution in [0, 0.1) is 0 Å². The van der Waals surface area contributed by atoms with E-state index in [2.05, 4.69) is 6.58 Å². The normalized spacial score (nSPS) is 14.4. The quantitative estimate of drug-likeness (QED) is 0.796. The lowest BCUT2D eigenvalue weighted by atomic mass is 10.1. The second kappa shape index (κ2) is 7.49. The molecule has 2 amide bonds. The molecule has 0 aliphatic carbocycles. The topological polar surface area (TPSA) is 59.1 Å². The Morgan fingerprint density at radius 2 is 1.91 bits per heavy atom. The lowest BCUT2D eigenvalue weighted by Gasteiger charge is -2.34. The molecule has 1 saturated heterocycles. The van der Waals surface area contributed by atoms with E-state index in [-0.39, 0.29) is 18.6 Å². The molecule has 1 aliphatic heterocycles. The number of rotatable bonds is 4. The maximum atomic E-state index is 12.4. The van der Waals surface area contributed by atoms with Crippen LogP contribution >= 0.6 is 0 Å². The highest BCUT2D eigenvalue weighted by molar-refractivity contribution is 5.94. The first kappa shape index (κ1) is 15.9. The van der Waals surface area contributed by atoms with Crippen LogP contribution in [0.5, 0.6) is 5.75 Å². The second-order valence-electron chi connectivity index (χ2n) is 4.88. The minimum Gasteiger partial charge on any atom is -0.497 e. The molecule has 1 aromatic carbocycles. The van der Waals surface area contributed by atoms with Crippen molar-refractivity contribution in [2.24, 2.45) is 0 Å². The Morgan fingerprint density at radius 1 is 1.23 bits per heavy atom. The maximum absolute atomic E-state index is 12.4. The maximum Gasteiger partial charge on any atom is 0.410 e. The van der Waals surface area contributed by atoms with Crippen molar-refractivity contribution in [3.8, 4) is 5.75 Å². The number of methoxy groups -OCH3 is 1. The van der Waals surface area contributed by atoms with Crippen molar-refractivity contribution >= 4 is 12.0 Å². The van der Waals surface area contributed by atoms with Gasteiger partial charge < -0.3 is 19.3 Å². The molecule has 0 unspecified atom stereocenters. The highest BCUT2D eigenvalue weighted by atomic mass is 16.6. The Morgan fingerprint density at radius 3 is 2.55 bits per heavy atom. The summed E-state index contributed by atoms with van der Waals surface area (Å²) in [4.78, 5) is 27.5. The molecule has 1 fully saturated rings. The molecule has 0 spiro atoms. The highest BCUT2D eigenvalue weighted by Crippen LogP contribution is 2.15. The molecule has 22 heavy (non-hydrogen) atoms. The molecule has 0 aromatic heterocycles. The van der Waals surface area contributed by atoms with Gasteiger partial charge in [-0.1, -0.05) is 18.7 Å². The van der Waals surface area contributed by atoms with Crippen LogP contribution in [-0.2, 0) is 4.74 Å². The number of hydrogen-bond acceptors (Lipinski definition) is 4. The van der Waals surface area contributed by atoms with Crippen molar-refractivity contribution in [2.45, 2.75) is 0 Å². The van der Waals surface area contributed by atoms with E-state index < -0.39 is 0 Å². The first-order valence-electron chi connectivity index (χ1n) is 7.11. The number of benzene rings is 1. The zero-order valence-electron chi connectivity index (χ0n) is 12.7. The van der Waals surface area contributed by atoms with Gasteiger partial charge in [0.05, 0.1) is 7.11 Å². The molecule has 6 nitrogen and oxygen atoms in total. The van der Waals surface area contributed by atoms with E-state index in [4.69, 9.17) is 9.47 Å². The van der Waals surface area contributed by atoms with Crippen molar-refractivity contribution in [1.29, 1.82) is 0 Å². The summed E-state index contributed by atoms with van der Waals surface area (Å²) in [6, 6.07) is 7.06. The van der Waals surface area contributed by atoms with Crippen LogP contribution in [0.4, 0.5) is 4.79 Å². The minimum absolute atomic E-state index is 0.0574. The highest BCUT2D eigenvalue weighted by Gasteiger charge is 2.25. The largest absolute Gasteiger partial charge is 0.497 e. The van der Waals surface area contributed by atoms with Crippen LogP contribution in [-0.4, -0.2) is 61.7 Å². The molecule has 1 aliphatic rings. The van der Waals surface area contributed by atoms with Gasteiger partial charge in [0.1, 0.15) is 12.4 Å².